The van der Waals surface area contributed by atoms with Crippen molar-refractivity contribution >= 4 is 43.6 Å². The smallest absolute Gasteiger partial charge is 0.160 e. The molecular weight excluding hydrogens is 901 g/mol. The van der Waals surface area contributed by atoms with Crippen molar-refractivity contribution in [2.75, 3.05) is 0 Å². The summed E-state index contributed by atoms with van der Waals surface area (Å²) in [5.74, 6) is 0.633. The fraction of sp³-hybridized carbons (Fsp3) is 0. The molecular formula is C68H44N6. The first-order valence-electron chi connectivity index (χ1n) is 25.0. The van der Waals surface area contributed by atoms with Crippen LogP contribution in [0.25, 0.3) is 134 Å². The first-order valence-corrected chi connectivity index (χ1v) is 25.0. The molecule has 14 aromatic rings. The predicted molar refractivity (Wildman–Crippen MR) is 304 cm³/mol. The lowest BCUT2D eigenvalue weighted by molar-refractivity contribution is 1.12. The van der Waals surface area contributed by atoms with Crippen molar-refractivity contribution in [1.29, 1.82) is 0 Å². The van der Waals surface area contributed by atoms with Gasteiger partial charge in [-0.05, 0) is 84.9 Å². The molecule has 0 radical (unpaired) electrons. The quantitative estimate of drug-likeness (QED) is 0.145. The monoisotopic (exact) mass is 944 g/mol. The van der Waals surface area contributed by atoms with Gasteiger partial charge in [0.25, 0.3) is 0 Å². The molecule has 0 fully saturated rings. The van der Waals surface area contributed by atoms with Crippen LogP contribution in [0.1, 0.15) is 0 Å². The van der Waals surface area contributed by atoms with Crippen molar-refractivity contribution in [1.82, 2.24) is 29.1 Å². The second kappa shape index (κ2) is 18.0. The lowest BCUT2D eigenvalue weighted by atomic mass is 10.0. The molecule has 5 aromatic heterocycles. The van der Waals surface area contributed by atoms with E-state index in [0.717, 1.165) is 128 Å². The third-order valence-electron chi connectivity index (χ3n) is 14.1. The van der Waals surface area contributed by atoms with Gasteiger partial charge in [0.1, 0.15) is 0 Å². The third kappa shape index (κ3) is 7.61. The Bertz CT molecular complexity index is 4130. The number of pyridine rings is 2. The van der Waals surface area contributed by atoms with E-state index in [2.05, 4.69) is 252 Å². The number of rotatable bonds is 9. The molecule has 0 N–H and O–H groups in total. The van der Waals surface area contributed by atoms with Crippen molar-refractivity contribution in [2.24, 2.45) is 0 Å². The summed E-state index contributed by atoms with van der Waals surface area (Å²) in [6.45, 7) is 0. The van der Waals surface area contributed by atoms with Gasteiger partial charge in [-0.1, -0.05) is 182 Å². The summed E-state index contributed by atoms with van der Waals surface area (Å²) in [5, 5.41) is 4.58. The topological polar surface area (TPSA) is 61.4 Å². The van der Waals surface area contributed by atoms with Crippen molar-refractivity contribution in [3.8, 4) is 90.3 Å². The minimum Gasteiger partial charge on any atom is -0.309 e. The van der Waals surface area contributed by atoms with E-state index in [-0.39, 0.29) is 0 Å². The molecule has 14 rings (SSSR count). The highest BCUT2D eigenvalue weighted by Gasteiger charge is 2.21. The number of fused-ring (bicyclic) bond motifs is 6. The summed E-state index contributed by atoms with van der Waals surface area (Å²) in [6, 6.07) is 93.9. The van der Waals surface area contributed by atoms with Crippen LogP contribution in [0.15, 0.2) is 267 Å². The van der Waals surface area contributed by atoms with Crippen LogP contribution in [0.3, 0.4) is 0 Å². The Morgan fingerprint density at radius 2 is 0.554 bits per heavy atom. The highest BCUT2D eigenvalue weighted by atomic mass is 15.0. The lowest BCUT2D eigenvalue weighted by Gasteiger charge is -2.16. The van der Waals surface area contributed by atoms with Gasteiger partial charge in [-0.2, -0.15) is 0 Å². The Hall–Kier alpha value is -10.0. The summed E-state index contributed by atoms with van der Waals surface area (Å²) < 4.78 is 4.79. The molecule has 0 spiro atoms. The number of hydrogen-bond donors (Lipinski definition) is 0. The molecule has 0 bridgehead atoms. The highest BCUT2D eigenvalue weighted by Crippen LogP contribution is 2.40. The Labute approximate surface area is 427 Å². The molecule has 0 atom stereocenters. The minimum atomic E-state index is 0.633. The molecule has 0 saturated heterocycles. The average molecular weight is 945 g/mol. The lowest BCUT2D eigenvalue weighted by Crippen LogP contribution is -2.02. The molecule has 0 aliphatic heterocycles. The van der Waals surface area contributed by atoms with Gasteiger partial charge in [-0.25, -0.2) is 19.9 Å². The molecule has 0 saturated carbocycles. The van der Waals surface area contributed by atoms with Crippen LogP contribution < -0.4 is 0 Å². The van der Waals surface area contributed by atoms with Gasteiger partial charge < -0.3 is 9.13 Å². The highest BCUT2D eigenvalue weighted by molar-refractivity contribution is 6.12. The SMILES string of the molecule is c1ccc(-c2cccc(-c3ccc4c(c3)c3ccccc3n4-c3cc(-c4nc(-c5ccccc5)cc(-c5ccccc5)n4)cc(-n4c5ccccc5c5cc(-c6cccc(-c7ccccc7)n6)ccc54)c3)n2)cc1. The van der Waals surface area contributed by atoms with Gasteiger partial charge in [0.05, 0.1) is 56.2 Å². The van der Waals surface area contributed by atoms with Crippen LogP contribution in [0.2, 0.25) is 0 Å². The van der Waals surface area contributed by atoms with Crippen LogP contribution in [0, 0.1) is 0 Å². The van der Waals surface area contributed by atoms with E-state index in [9.17, 15) is 0 Å². The van der Waals surface area contributed by atoms with E-state index >= 15 is 0 Å². The first-order chi connectivity index (χ1) is 36.7. The van der Waals surface area contributed by atoms with E-state index in [4.69, 9.17) is 19.9 Å². The predicted octanol–water partition coefficient (Wildman–Crippen LogP) is 17.1. The van der Waals surface area contributed by atoms with Gasteiger partial charge in [0.15, 0.2) is 5.82 Å². The first kappa shape index (κ1) is 42.8. The fourth-order valence-corrected chi connectivity index (χ4v) is 10.6. The van der Waals surface area contributed by atoms with Crippen LogP contribution in [0.5, 0.6) is 0 Å². The molecule has 0 aliphatic rings. The van der Waals surface area contributed by atoms with Gasteiger partial charge in [0.2, 0.25) is 0 Å². The number of para-hydroxylation sites is 2. The Kier molecular flexibility index (Phi) is 10.4. The van der Waals surface area contributed by atoms with Gasteiger partial charge in [0, 0.05) is 71.9 Å². The maximum absolute atomic E-state index is 5.40. The van der Waals surface area contributed by atoms with Gasteiger partial charge in [-0.15, -0.1) is 0 Å². The van der Waals surface area contributed by atoms with Crippen LogP contribution >= 0.6 is 0 Å². The Morgan fingerprint density at radius 3 is 0.973 bits per heavy atom. The molecule has 9 aromatic carbocycles. The van der Waals surface area contributed by atoms with Crippen LogP contribution in [0.4, 0.5) is 0 Å². The van der Waals surface area contributed by atoms with E-state index in [1.54, 1.807) is 0 Å². The standard InChI is InChI=1S/C68H44N6/c1-5-19-45(20-6-1)58-29-17-31-60(69-58)49-35-37-66-56(41-49)54-27-13-15-33-64(54)73(66)52-39-51(68-71-62(47-23-9-3-10-24-47)44-63(72-68)48-25-11-4-12-26-48)40-53(43-52)74-65-34-16-14-28-55(65)57-42-50(36-38-67(57)74)61-32-18-30-59(70-61)46-21-7-2-8-22-46/h1-44H. The summed E-state index contributed by atoms with van der Waals surface area (Å²) >= 11 is 0. The van der Waals surface area contributed by atoms with Crippen LogP contribution in [-0.4, -0.2) is 29.1 Å². The largest absolute Gasteiger partial charge is 0.309 e. The van der Waals surface area contributed by atoms with Gasteiger partial charge in [-0.3, -0.25) is 0 Å². The minimum absolute atomic E-state index is 0.633. The third-order valence-corrected chi connectivity index (χ3v) is 14.1. The number of nitrogens with zero attached hydrogens (tertiary/aromatic N) is 6. The van der Waals surface area contributed by atoms with Crippen LogP contribution in [-0.2, 0) is 0 Å². The maximum Gasteiger partial charge on any atom is 0.160 e. The van der Waals surface area contributed by atoms with E-state index in [0.29, 0.717) is 5.82 Å². The van der Waals surface area contributed by atoms with E-state index in [1.165, 1.54) is 0 Å². The molecule has 6 heteroatoms. The number of hydrogen-bond acceptors (Lipinski definition) is 4. The molecule has 346 valence electrons. The van der Waals surface area contributed by atoms with Crippen molar-refractivity contribution < 1.29 is 0 Å². The Balaban J connectivity index is 1.00. The Morgan fingerprint density at radius 1 is 0.203 bits per heavy atom. The average Bonchev–Trinajstić information content (AvgIpc) is 4.00. The summed E-state index contributed by atoms with van der Waals surface area (Å²) in [6.07, 6.45) is 0. The fourth-order valence-electron chi connectivity index (χ4n) is 10.6. The second-order valence-electron chi connectivity index (χ2n) is 18.6. The molecule has 5 heterocycles. The molecule has 74 heavy (non-hydrogen) atoms. The van der Waals surface area contributed by atoms with E-state index < -0.39 is 0 Å². The van der Waals surface area contributed by atoms with Crippen molar-refractivity contribution in [3.63, 3.8) is 0 Å². The van der Waals surface area contributed by atoms with Crippen molar-refractivity contribution in [2.45, 2.75) is 0 Å². The molecule has 0 aliphatic carbocycles. The zero-order valence-electron chi connectivity index (χ0n) is 40.1. The maximum atomic E-state index is 5.40. The number of benzene rings is 9. The number of aromatic nitrogens is 6. The normalized spacial score (nSPS) is 11.5. The summed E-state index contributed by atoms with van der Waals surface area (Å²) in [4.78, 5) is 21.1. The summed E-state index contributed by atoms with van der Waals surface area (Å²) in [5.41, 5.74) is 19.0. The van der Waals surface area contributed by atoms with E-state index in [1.807, 2.05) is 24.3 Å². The summed E-state index contributed by atoms with van der Waals surface area (Å²) in [7, 11) is 0. The molecule has 0 unspecified atom stereocenters. The zero-order valence-corrected chi connectivity index (χ0v) is 40.1. The second-order valence-corrected chi connectivity index (χ2v) is 18.6. The molecule has 0 amide bonds. The zero-order chi connectivity index (χ0) is 49.0. The van der Waals surface area contributed by atoms with Gasteiger partial charge >= 0.3 is 0 Å². The van der Waals surface area contributed by atoms with Crippen molar-refractivity contribution in [3.05, 3.63) is 267 Å². The molecule has 6 nitrogen and oxygen atoms in total.